The zero-order valence-electron chi connectivity index (χ0n) is 13.9. The molecule has 3 unspecified atom stereocenters. The van der Waals surface area contributed by atoms with Crippen molar-refractivity contribution in [3.8, 4) is 0 Å². The van der Waals surface area contributed by atoms with Gasteiger partial charge in [0.15, 0.2) is 0 Å². The summed E-state index contributed by atoms with van der Waals surface area (Å²) in [7, 11) is 0. The molecular formula is C16H30N4O2. The third-order valence-corrected chi connectivity index (χ3v) is 4.49. The van der Waals surface area contributed by atoms with Crippen LogP contribution in [-0.4, -0.2) is 49.1 Å². The lowest BCUT2D eigenvalue weighted by molar-refractivity contribution is -0.123. The highest BCUT2D eigenvalue weighted by molar-refractivity contribution is 5.81. The van der Waals surface area contributed by atoms with Crippen LogP contribution in [0.15, 0.2) is 0 Å². The number of nitrogens with one attached hydrogen (secondary N) is 4. The lowest BCUT2D eigenvalue weighted by Gasteiger charge is -2.19. The number of rotatable bonds is 8. The summed E-state index contributed by atoms with van der Waals surface area (Å²) in [5, 5.41) is 12.9. The van der Waals surface area contributed by atoms with Crippen LogP contribution in [0.25, 0.3) is 0 Å². The first-order valence-corrected chi connectivity index (χ1v) is 8.50. The standard InChI is InChI=1S/C16H30N4O2/c1-10(2)17-9-14-7-12(16(22)20-14)6-11(3)18-8-13-4-5-15(21)19-13/h10-14,17-18H,4-9H2,1-3H3,(H,19,21)(H,20,22)/t11?,12?,13-,14?/m0/s1. The second-order valence-electron chi connectivity index (χ2n) is 7.05. The van der Waals surface area contributed by atoms with Gasteiger partial charge in [0.25, 0.3) is 0 Å². The molecule has 2 saturated heterocycles. The van der Waals surface area contributed by atoms with Crippen molar-refractivity contribution >= 4 is 11.8 Å². The molecule has 0 spiro atoms. The van der Waals surface area contributed by atoms with Gasteiger partial charge < -0.3 is 21.3 Å². The van der Waals surface area contributed by atoms with Crippen LogP contribution >= 0.6 is 0 Å². The number of hydrogen-bond donors (Lipinski definition) is 4. The summed E-state index contributed by atoms with van der Waals surface area (Å²) < 4.78 is 0. The van der Waals surface area contributed by atoms with Crippen molar-refractivity contribution in [2.45, 2.75) is 70.6 Å². The average Bonchev–Trinajstić information content (AvgIpc) is 3.01. The van der Waals surface area contributed by atoms with Gasteiger partial charge in [0.1, 0.15) is 0 Å². The molecule has 0 aromatic rings. The molecule has 0 radical (unpaired) electrons. The van der Waals surface area contributed by atoms with Crippen molar-refractivity contribution in [3.63, 3.8) is 0 Å². The van der Waals surface area contributed by atoms with Gasteiger partial charge in [-0.25, -0.2) is 0 Å². The Bertz CT molecular complexity index is 400. The summed E-state index contributed by atoms with van der Waals surface area (Å²) >= 11 is 0. The summed E-state index contributed by atoms with van der Waals surface area (Å²) in [5.74, 6) is 0.424. The van der Waals surface area contributed by atoms with E-state index in [1.54, 1.807) is 0 Å². The molecule has 4 atom stereocenters. The van der Waals surface area contributed by atoms with E-state index in [1.807, 2.05) is 0 Å². The summed E-state index contributed by atoms with van der Waals surface area (Å²) in [4.78, 5) is 23.2. The molecule has 4 N–H and O–H groups in total. The van der Waals surface area contributed by atoms with Gasteiger partial charge >= 0.3 is 0 Å². The second-order valence-corrected chi connectivity index (χ2v) is 7.05. The summed E-state index contributed by atoms with van der Waals surface area (Å²) in [6, 6.07) is 1.22. The first-order chi connectivity index (χ1) is 10.4. The van der Waals surface area contributed by atoms with E-state index in [0.29, 0.717) is 12.5 Å². The molecule has 0 bridgehead atoms. The van der Waals surface area contributed by atoms with Gasteiger partial charge in [0, 0.05) is 49.6 Å². The Morgan fingerprint density at radius 2 is 1.82 bits per heavy atom. The molecule has 0 aromatic heterocycles. The normalized spacial score (nSPS) is 29.7. The monoisotopic (exact) mass is 310 g/mol. The van der Waals surface area contributed by atoms with Gasteiger partial charge in [-0.1, -0.05) is 13.8 Å². The maximum absolute atomic E-state index is 12.0. The Hall–Kier alpha value is -1.14. The number of carbonyl (C=O) groups is 2. The highest BCUT2D eigenvalue weighted by Gasteiger charge is 2.32. The lowest BCUT2D eigenvalue weighted by Crippen LogP contribution is -2.40. The fourth-order valence-corrected chi connectivity index (χ4v) is 3.23. The van der Waals surface area contributed by atoms with Crippen LogP contribution in [0.4, 0.5) is 0 Å². The van der Waals surface area contributed by atoms with Gasteiger partial charge in [-0.2, -0.15) is 0 Å². The van der Waals surface area contributed by atoms with E-state index in [4.69, 9.17) is 0 Å². The third kappa shape index (κ3) is 5.25. The molecule has 126 valence electrons. The van der Waals surface area contributed by atoms with Crippen LogP contribution in [0.1, 0.15) is 46.5 Å². The first kappa shape index (κ1) is 17.2. The summed E-state index contributed by atoms with van der Waals surface area (Å²) in [6.45, 7) is 7.98. The quantitative estimate of drug-likeness (QED) is 0.514. The maximum Gasteiger partial charge on any atom is 0.223 e. The van der Waals surface area contributed by atoms with Gasteiger partial charge in [-0.05, 0) is 26.2 Å². The number of carbonyl (C=O) groups excluding carboxylic acids is 2. The predicted octanol–water partition coefficient (Wildman–Crippen LogP) is 0.136. The van der Waals surface area contributed by atoms with E-state index >= 15 is 0 Å². The first-order valence-electron chi connectivity index (χ1n) is 8.50. The molecule has 22 heavy (non-hydrogen) atoms. The van der Waals surface area contributed by atoms with E-state index in [0.717, 1.165) is 32.4 Å². The van der Waals surface area contributed by atoms with Crippen molar-refractivity contribution in [3.05, 3.63) is 0 Å². The van der Waals surface area contributed by atoms with Crippen LogP contribution in [0.3, 0.4) is 0 Å². The van der Waals surface area contributed by atoms with E-state index in [1.165, 1.54) is 0 Å². The molecule has 0 saturated carbocycles. The summed E-state index contributed by atoms with van der Waals surface area (Å²) in [5.41, 5.74) is 0. The van der Waals surface area contributed by atoms with Crippen LogP contribution in [0.5, 0.6) is 0 Å². The van der Waals surface area contributed by atoms with Gasteiger partial charge in [0.05, 0.1) is 0 Å². The largest absolute Gasteiger partial charge is 0.352 e. The molecule has 2 amide bonds. The average molecular weight is 310 g/mol. The predicted molar refractivity (Wildman–Crippen MR) is 86.4 cm³/mol. The van der Waals surface area contributed by atoms with Crippen molar-refractivity contribution in [2.75, 3.05) is 13.1 Å². The fourth-order valence-electron chi connectivity index (χ4n) is 3.23. The molecule has 0 aromatic carbocycles. The van der Waals surface area contributed by atoms with E-state index < -0.39 is 0 Å². The zero-order chi connectivity index (χ0) is 16.1. The van der Waals surface area contributed by atoms with Crippen molar-refractivity contribution < 1.29 is 9.59 Å². The molecule has 6 heteroatoms. The van der Waals surface area contributed by atoms with E-state index in [-0.39, 0.29) is 35.9 Å². The van der Waals surface area contributed by atoms with Crippen molar-refractivity contribution in [2.24, 2.45) is 5.92 Å². The maximum atomic E-state index is 12.0. The molecule has 2 rings (SSSR count). The molecule has 2 fully saturated rings. The van der Waals surface area contributed by atoms with Gasteiger partial charge in [0.2, 0.25) is 11.8 Å². The van der Waals surface area contributed by atoms with E-state index in [9.17, 15) is 9.59 Å². The number of hydrogen-bond acceptors (Lipinski definition) is 4. The molecule has 2 aliphatic rings. The Morgan fingerprint density at radius 3 is 2.45 bits per heavy atom. The number of amides is 2. The van der Waals surface area contributed by atoms with Crippen LogP contribution in [-0.2, 0) is 9.59 Å². The highest BCUT2D eigenvalue weighted by Crippen LogP contribution is 2.20. The Balaban J connectivity index is 1.66. The third-order valence-electron chi connectivity index (χ3n) is 4.49. The van der Waals surface area contributed by atoms with Crippen LogP contribution < -0.4 is 21.3 Å². The van der Waals surface area contributed by atoms with Crippen molar-refractivity contribution in [1.29, 1.82) is 0 Å². The Labute approximate surface area is 133 Å². The smallest absolute Gasteiger partial charge is 0.223 e. The highest BCUT2D eigenvalue weighted by atomic mass is 16.2. The molecule has 2 aliphatic heterocycles. The van der Waals surface area contributed by atoms with E-state index in [2.05, 4.69) is 42.0 Å². The van der Waals surface area contributed by atoms with Crippen LogP contribution in [0.2, 0.25) is 0 Å². The molecule has 6 nitrogen and oxygen atoms in total. The SMILES string of the molecule is CC(C)NCC1CC(CC(C)NC[C@@H]2CCC(=O)N2)C(=O)N1. The fraction of sp³-hybridized carbons (Fsp3) is 0.875. The second kappa shape index (κ2) is 7.92. The molecular weight excluding hydrogens is 280 g/mol. The molecule has 0 aliphatic carbocycles. The van der Waals surface area contributed by atoms with Gasteiger partial charge in [-0.15, -0.1) is 0 Å². The topological polar surface area (TPSA) is 82.3 Å². The minimum absolute atomic E-state index is 0.0969. The van der Waals surface area contributed by atoms with Gasteiger partial charge in [-0.3, -0.25) is 9.59 Å². The zero-order valence-corrected chi connectivity index (χ0v) is 13.9. The van der Waals surface area contributed by atoms with Crippen LogP contribution in [0, 0.1) is 5.92 Å². The minimum Gasteiger partial charge on any atom is -0.352 e. The summed E-state index contributed by atoms with van der Waals surface area (Å²) in [6.07, 6.45) is 3.30. The lowest BCUT2D eigenvalue weighted by atomic mass is 9.97. The molecule has 2 heterocycles. The Kier molecular flexibility index (Phi) is 6.20. The minimum atomic E-state index is 0.0969. The van der Waals surface area contributed by atoms with Crippen molar-refractivity contribution in [1.82, 2.24) is 21.3 Å². The Morgan fingerprint density at radius 1 is 1.09 bits per heavy atom.